The summed E-state index contributed by atoms with van der Waals surface area (Å²) in [5.41, 5.74) is 11.0. The average molecular weight is 583 g/mol. The summed E-state index contributed by atoms with van der Waals surface area (Å²) in [4.78, 5) is 19.1. The van der Waals surface area contributed by atoms with Gasteiger partial charge < -0.3 is 9.84 Å². The molecule has 2 aliphatic heterocycles. The Kier molecular flexibility index (Phi) is 7.77. The highest BCUT2D eigenvalue weighted by molar-refractivity contribution is 5.91. The topological polar surface area (TPSA) is 62.7 Å². The van der Waals surface area contributed by atoms with Crippen LogP contribution in [0.4, 0.5) is 8.78 Å². The van der Waals surface area contributed by atoms with Crippen molar-refractivity contribution in [2.45, 2.75) is 66.5 Å². The minimum atomic E-state index is -0.962. The van der Waals surface area contributed by atoms with Gasteiger partial charge in [-0.15, -0.1) is 0 Å². The Morgan fingerprint density at radius 2 is 1.77 bits per heavy atom. The van der Waals surface area contributed by atoms with E-state index in [1.165, 1.54) is 23.3 Å². The summed E-state index contributed by atoms with van der Waals surface area (Å²) in [7, 11) is 0. The Bertz CT molecular complexity index is 1740. The van der Waals surface area contributed by atoms with Crippen LogP contribution >= 0.6 is 0 Å². The van der Waals surface area contributed by atoms with Gasteiger partial charge in [0.1, 0.15) is 5.82 Å². The largest absolute Gasteiger partial charge is 0.490 e. The summed E-state index contributed by atoms with van der Waals surface area (Å²) in [5, 5.41) is 9.88. The number of aliphatic carboxylic acids is 1. The first-order valence-electron chi connectivity index (χ1n) is 14.9. The number of fused-ring (bicyclic) bond motifs is 2. The van der Waals surface area contributed by atoms with E-state index in [4.69, 9.17) is 9.72 Å². The Hall–Kier alpha value is -4.10. The van der Waals surface area contributed by atoms with Crippen LogP contribution in [0.5, 0.6) is 5.75 Å². The lowest BCUT2D eigenvalue weighted by Gasteiger charge is -2.30. The first-order valence-corrected chi connectivity index (χ1v) is 14.9. The zero-order valence-electron chi connectivity index (χ0n) is 25.1. The minimum Gasteiger partial charge on any atom is -0.490 e. The number of nitrogens with zero attached hydrogens (tertiary/aromatic N) is 2. The number of aromatic nitrogens is 1. The molecule has 0 unspecified atom stereocenters. The summed E-state index contributed by atoms with van der Waals surface area (Å²) in [6.07, 6.45) is 2.10. The zero-order chi connectivity index (χ0) is 30.4. The number of benzene rings is 3. The van der Waals surface area contributed by atoms with Crippen molar-refractivity contribution in [2.24, 2.45) is 0 Å². The van der Waals surface area contributed by atoms with E-state index in [1.807, 2.05) is 33.8 Å². The highest BCUT2D eigenvalue weighted by atomic mass is 19.1. The molecule has 0 spiro atoms. The van der Waals surface area contributed by atoms with Crippen LogP contribution in [0.2, 0.25) is 0 Å². The zero-order valence-corrected chi connectivity index (χ0v) is 25.1. The van der Waals surface area contributed by atoms with Gasteiger partial charge in [-0.25, -0.2) is 8.78 Å². The lowest BCUT2D eigenvalue weighted by molar-refractivity contribution is -0.136. The molecule has 0 aliphatic carbocycles. The van der Waals surface area contributed by atoms with E-state index in [2.05, 4.69) is 23.1 Å². The summed E-state index contributed by atoms with van der Waals surface area (Å²) < 4.78 is 35.8. The number of hydrogen-bond donors (Lipinski definition) is 1. The SMILES string of the molecule is Cc1cccc(F)c1CN1CCc2cc(-c3c(C)nc(C)c(CC(=O)O)c3-c3cc(F)c4c(c3C)CCCO4)ccc2C1. The van der Waals surface area contributed by atoms with Gasteiger partial charge in [0.25, 0.3) is 0 Å². The van der Waals surface area contributed by atoms with Crippen molar-refractivity contribution >= 4 is 5.97 Å². The second-order valence-corrected chi connectivity index (χ2v) is 11.9. The van der Waals surface area contributed by atoms with Gasteiger partial charge in [-0.3, -0.25) is 14.7 Å². The van der Waals surface area contributed by atoms with Gasteiger partial charge >= 0.3 is 5.97 Å². The van der Waals surface area contributed by atoms with E-state index in [0.717, 1.165) is 64.0 Å². The number of carbonyl (C=O) groups is 1. The Morgan fingerprint density at radius 1 is 0.953 bits per heavy atom. The molecule has 0 atom stereocenters. The number of rotatable bonds is 6. The predicted octanol–water partition coefficient (Wildman–Crippen LogP) is 7.44. The standard InChI is InChI=1S/C36H36F2N2O3/c1-20-7-5-9-31(37)30(20)19-40-13-12-24-15-25(10-11-26(24)18-40)34-23(4)39-22(3)29(17-33(41)42)35(34)28-16-32(38)36-27(21(28)2)8-6-14-43-36/h5,7,9-11,15-16H,6,8,12-14,17-19H2,1-4H3,(H,41,42). The lowest BCUT2D eigenvalue weighted by Crippen LogP contribution is -2.30. The maximum absolute atomic E-state index is 15.5. The maximum atomic E-state index is 15.5. The van der Waals surface area contributed by atoms with E-state index in [9.17, 15) is 14.3 Å². The molecule has 43 heavy (non-hydrogen) atoms. The molecule has 3 heterocycles. The molecule has 0 amide bonds. The highest BCUT2D eigenvalue weighted by Crippen LogP contribution is 2.44. The van der Waals surface area contributed by atoms with Crippen molar-refractivity contribution in [3.05, 3.63) is 104 Å². The van der Waals surface area contributed by atoms with E-state index in [0.29, 0.717) is 48.7 Å². The smallest absolute Gasteiger partial charge is 0.307 e. The van der Waals surface area contributed by atoms with Crippen LogP contribution in [0, 0.1) is 39.3 Å². The molecule has 1 aromatic heterocycles. The molecule has 4 aromatic rings. The number of carboxylic acid groups (broad SMARTS) is 1. The molecule has 2 aliphatic rings. The van der Waals surface area contributed by atoms with Crippen molar-refractivity contribution in [2.75, 3.05) is 13.2 Å². The number of hydrogen-bond acceptors (Lipinski definition) is 4. The average Bonchev–Trinajstić information content (AvgIpc) is 2.98. The molecule has 3 aromatic carbocycles. The Balaban J connectivity index is 1.45. The number of aryl methyl sites for hydroxylation is 3. The third-order valence-corrected chi connectivity index (χ3v) is 9.04. The molecule has 6 rings (SSSR count). The van der Waals surface area contributed by atoms with E-state index in [1.54, 1.807) is 6.07 Å². The van der Waals surface area contributed by atoms with Crippen LogP contribution in [0.1, 0.15) is 56.8 Å². The number of carboxylic acids is 1. The lowest BCUT2D eigenvalue weighted by atomic mass is 9.83. The summed E-state index contributed by atoms with van der Waals surface area (Å²) in [5.74, 6) is -1.25. The van der Waals surface area contributed by atoms with Gasteiger partial charge in [0, 0.05) is 47.7 Å². The van der Waals surface area contributed by atoms with Gasteiger partial charge in [0.05, 0.1) is 13.0 Å². The Labute approximate surface area is 251 Å². The first-order chi connectivity index (χ1) is 20.6. The van der Waals surface area contributed by atoms with E-state index >= 15 is 4.39 Å². The molecule has 0 bridgehead atoms. The molecule has 7 heteroatoms. The fourth-order valence-electron chi connectivity index (χ4n) is 6.82. The molecule has 0 fully saturated rings. The van der Waals surface area contributed by atoms with Gasteiger partial charge in [-0.2, -0.15) is 0 Å². The van der Waals surface area contributed by atoms with E-state index < -0.39 is 11.8 Å². The van der Waals surface area contributed by atoms with Gasteiger partial charge in [-0.05, 0) is 104 Å². The second-order valence-electron chi connectivity index (χ2n) is 11.9. The molecular formula is C36H36F2N2O3. The van der Waals surface area contributed by atoms with Crippen LogP contribution < -0.4 is 4.74 Å². The third kappa shape index (κ3) is 5.42. The van der Waals surface area contributed by atoms with Crippen LogP contribution in [-0.2, 0) is 37.1 Å². The molecule has 0 saturated heterocycles. The van der Waals surface area contributed by atoms with Gasteiger partial charge in [-0.1, -0.05) is 30.3 Å². The minimum absolute atomic E-state index is 0.173. The molecule has 0 saturated carbocycles. The maximum Gasteiger partial charge on any atom is 0.307 e. The van der Waals surface area contributed by atoms with Gasteiger partial charge in [0.2, 0.25) is 0 Å². The van der Waals surface area contributed by atoms with Crippen molar-refractivity contribution in [3.63, 3.8) is 0 Å². The van der Waals surface area contributed by atoms with E-state index in [-0.39, 0.29) is 12.2 Å². The van der Waals surface area contributed by atoms with Crippen molar-refractivity contribution < 1.29 is 23.4 Å². The summed E-state index contributed by atoms with van der Waals surface area (Å²) >= 11 is 0. The quantitative estimate of drug-likeness (QED) is 0.256. The molecule has 222 valence electrons. The fourth-order valence-corrected chi connectivity index (χ4v) is 6.82. The third-order valence-electron chi connectivity index (χ3n) is 9.04. The number of pyridine rings is 1. The van der Waals surface area contributed by atoms with Gasteiger partial charge in [0.15, 0.2) is 11.6 Å². The van der Waals surface area contributed by atoms with Crippen LogP contribution in [-0.4, -0.2) is 34.1 Å². The van der Waals surface area contributed by atoms with Crippen molar-refractivity contribution in [3.8, 4) is 28.0 Å². The van der Waals surface area contributed by atoms with Crippen molar-refractivity contribution in [1.29, 1.82) is 0 Å². The van der Waals surface area contributed by atoms with Crippen molar-refractivity contribution in [1.82, 2.24) is 9.88 Å². The second kappa shape index (κ2) is 11.5. The first kappa shape index (κ1) is 29.0. The fraction of sp³-hybridized carbons (Fsp3) is 0.333. The van der Waals surface area contributed by atoms with Crippen LogP contribution in [0.3, 0.4) is 0 Å². The summed E-state index contributed by atoms with van der Waals surface area (Å²) in [6, 6.07) is 13.0. The summed E-state index contributed by atoms with van der Waals surface area (Å²) in [6.45, 7) is 10.2. The normalized spacial score (nSPS) is 14.7. The van der Waals surface area contributed by atoms with Crippen LogP contribution in [0.25, 0.3) is 22.3 Å². The molecule has 5 nitrogen and oxygen atoms in total. The molecule has 0 radical (unpaired) electrons. The predicted molar refractivity (Wildman–Crippen MR) is 163 cm³/mol. The number of ether oxygens (including phenoxy) is 1. The molecule has 1 N–H and O–H groups in total. The molecular weight excluding hydrogens is 546 g/mol. The monoisotopic (exact) mass is 582 g/mol. The number of halogens is 2. The van der Waals surface area contributed by atoms with Crippen LogP contribution in [0.15, 0.2) is 42.5 Å². The Morgan fingerprint density at radius 3 is 2.53 bits per heavy atom. The highest BCUT2D eigenvalue weighted by Gasteiger charge is 2.27.